The van der Waals surface area contributed by atoms with Crippen molar-refractivity contribution in [2.45, 2.75) is 39.4 Å². The van der Waals surface area contributed by atoms with Gasteiger partial charge in [-0.2, -0.15) is 0 Å². The Bertz CT molecular complexity index is 999. The molecule has 0 aliphatic heterocycles. The third kappa shape index (κ3) is 4.96. The average molecular weight is 431 g/mol. The monoisotopic (exact) mass is 430 g/mol. The fraction of sp³-hybridized carbons (Fsp3) is 0.381. The molecule has 3 rings (SSSR count). The van der Waals surface area contributed by atoms with Crippen molar-refractivity contribution in [3.63, 3.8) is 0 Å². The smallest absolute Gasteiger partial charge is 0.234 e. The predicted octanol–water partition coefficient (Wildman–Crippen LogP) is 4.39. The Morgan fingerprint density at radius 2 is 1.97 bits per heavy atom. The van der Waals surface area contributed by atoms with Gasteiger partial charge in [-0.25, -0.2) is 0 Å². The van der Waals surface area contributed by atoms with E-state index in [4.69, 9.17) is 13.9 Å². The van der Waals surface area contributed by atoms with Crippen LogP contribution in [0.3, 0.4) is 0 Å². The number of benzene rings is 1. The van der Waals surface area contributed by atoms with Crippen LogP contribution in [0.5, 0.6) is 11.5 Å². The largest absolute Gasteiger partial charge is 0.494 e. The summed E-state index contributed by atoms with van der Waals surface area (Å²) in [4.78, 5) is 12.6. The molecule has 8 nitrogen and oxygen atoms in total. The molecule has 2 aromatic heterocycles. The molecule has 0 spiro atoms. The predicted molar refractivity (Wildman–Crippen MR) is 116 cm³/mol. The minimum Gasteiger partial charge on any atom is -0.494 e. The van der Waals surface area contributed by atoms with Crippen molar-refractivity contribution < 1.29 is 18.7 Å². The van der Waals surface area contributed by atoms with Crippen LogP contribution in [0.25, 0.3) is 11.4 Å². The SMILES string of the molecule is CCOc1ccc(OCC)c(NC(=O)CSc2nnc(-c3ccoc3C)n2CC)c1. The van der Waals surface area contributed by atoms with Crippen molar-refractivity contribution in [3.05, 3.63) is 36.3 Å². The zero-order chi connectivity index (χ0) is 21.5. The second-order valence-corrected chi connectivity index (χ2v) is 7.24. The lowest BCUT2D eigenvalue weighted by atomic mass is 10.2. The fourth-order valence-electron chi connectivity index (χ4n) is 2.96. The summed E-state index contributed by atoms with van der Waals surface area (Å²) >= 11 is 1.33. The van der Waals surface area contributed by atoms with E-state index < -0.39 is 0 Å². The lowest BCUT2D eigenvalue weighted by Gasteiger charge is -2.13. The van der Waals surface area contributed by atoms with Crippen molar-refractivity contribution >= 4 is 23.4 Å². The number of carbonyl (C=O) groups excluding carboxylic acids is 1. The summed E-state index contributed by atoms with van der Waals surface area (Å²) in [6.07, 6.45) is 1.63. The maximum Gasteiger partial charge on any atom is 0.234 e. The number of furan rings is 1. The van der Waals surface area contributed by atoms with Gasteiger partial charge in [-0.3, -0.25) is 4.79 Å². The maximum atomic E-state index is 12.6. The first-order valence-corrected chi connectivity index (χ1v) is 10.9. The standard InChI is InChI=1S/C21H26N4O4S/c1-5-25-20(16-10-11-29-14(16)4)23-24-21(25)30-13-19(26)22-17-12-15(27-6-2)8-9-18(17)28-7-3/h8-12H,5-7,13H2,1-4H3,(H,22,26). The highest BCUT2D eigenvalue weighted by Gasteiger charge is 2.18. The molecule has 9 heteroatoms. The summed E-state index contributed by atoms with van der Waals surface area (Å²) in [6, 6.07) is 7.26. The Kier molecular flexibility index (Phi) is 7.40. The van der Waals surface area contributed by atoms with Crippen LogP contribution in [0.15, 0.2) is 40.1 Å². The van der Waals surface area contributed by atoms with Crippen LogP contribution >= 0.6 is 11.8 Å². The minimum absolute atomic E-state index is 0.165. The summed E-state index contributed by atoms with van der Waals surface area (Å²) in [5.74, 6) is 2.82. The Morgan fingerprint density at radius 3 is 2.63 bits per heavy atom. The molecule has 0 saturated heterocycles. The van der Waals surface area contributed by atoms with E-state index in [1.807, 2.05) is 44.4 Å². The van der Waals surface area contributed by atoms with Gasteiger partial charge in [0.05, 0.1) is 36.5 Å². The van der Waals surface area contributed by atoms with Crippen LogP contribution in [-0.4, -0.2) is 39.6 Å². The molecule has 0 saturated carbocycles. The molecule has 0 bridgehead atoms. The Morgan fingerprint density at radius 1 is 1.17 bits per heavy atom. The van der Waals surface area contributed by atoms with E-state index in [-0.39, 0.29) is 11.7 Å². The number of hydrogen-bond donors (Lipinski definition) is 1. The summed E-state index contributed by atoms with van der Waals surface area (Å²) in [5.41, 5.74) is 1.48. The molecule has 30 heavy (non-hydrogen) atoms. The van der Waals surface area contributed by atoms with E-state index in [9.17, 15) is 4.79 Å². The molecular formula is C21H26N4O4S. The second kappa shape index (κ2) is 10.2. The summed E-state index contributed by atoms with van der Waals surface area (Å²) < 4.78 is 18.5. The van der Waals surface area contributed by atoms with Gasteiger partial charge >= 0.3 is 0 Å². The number of anilines is 1. The first-order valence-electron chi connectivity index (χ1n) is 9.87. The van der Waals surface area contributed by atoms with Crippen molar-refractivity contribution in [1.29, 1.82) is 0 Å². The third-order valence-electron chi connectivity index (χ3n) is 4.30. The number of aromatic nitrogens is 3. The molecular weight excluding hydrogens is 404 g/mol. The molecule has 1 amide bonds. The van der Waals surface area contributed by atoms with E-state index in [0.29, 0.717) is 42.1 Å². The van der Waals surface area contributed by atoms with Gasteiger partial charge in [0.2, 0.25) is 5.91 Å². The molecule has 1 aromatic carbocycles. The molecule has 160 valence electrons. The quantitative estimate of drug-likeness (QED) is 0.477. The summed E-state index contributed by atoms with van der Waals surface area (Å²) in [6.45, 7) is 9.44. The van der Waals surface area contributed by atoms with Gasteiger partial charge in [0.25, 0.3) is 0 Å². The van der Waals surface area contributed by atoms with Crippen LogP contribution < -0.4 is 14.8 Å². The van der Waals surface area contributed by atoms with Gasteiger partial charge < -0.3 is 23.8 Å². The summed E-state index contributed by atoms with van der Waals surface area (Å²) in [7, 11) is 0. The van der Waals surface area contributed by atoms with Crippen molar-refractivity contribution in [3.8, 4) is 22.9 Å². The minimum atomic E-state index is -0.165. The highest BCUT2D eigenvalue weighted by molar-refractivity contribution is 7.99. The van der Waals surface area contributed by atoms with Crippen LogP contribution in [0.4, 0.5) is 5.69 Å². The van der Waals surface area contributed by atoms with Gasteiger partial charge in [-0.15, -0.1) is 10.2 Å². The molecule has 0 atom stereocenters. The zero-order valence-electron chi connectivity index (χ0n) is 17.6. The van der Waals surface area contributed by atoms with Gasteiger partial charge in [-0.05, 0) is 45.9 Å². The van der Waals surface area contributed by atoms with E-state index in [2.05, 4.69) is 15.5 Å². The van der Waals surface area contributed by atoms with Crippen molar-refractivity contribution in [2.75, 3.05) is 24.3 Å². The first-order chi connectivity index (χ1) is 14.6. The number of nitrogens with one attached hydrogen (secondary N) is 1. The summed E-state index contributed by atoms with van der Waals surface area (Å²) in [5, 5.41) is 12.1. The van der Waals surface area contributed by atoms with E-state index in [0.717, 1.165) is 17.1 Å². The number of nitrogens with zero attached hydrogens (tertiary/aromatic N) is 3. The molecule has 0 aliphatic carbocycles. The van der Waals surface area contributed by atoms with Crippen LogP contribution in [-0.2, 0) is 11.3 Å². The highest BCUT2D eigenvalue weighted by atomic mass is 32.2. The lowest BCUT2D eigenvalue weighted by molar-refractivity contribution is -0.113. The molecule has 0 radical (unpaired) electrons. The molecule has 1 N–H and O–H groups in total. The third-order valence-corrected chi connectivity index (χ3v) is 5.27. The maximum absolute atomic E-state index is 12.6. The highest BCUT2D eigenvalue weighted by Crippen LogP contribution is 2.30. The number of ether oxygens (including phenoxy) is 2. The molecule has 0 aliphatic rings. The molecule has 2 heterocycles. The number of hydrogen-bond acceptors (Lipinski definition) is 7. The van der Waals surface area contributed by atoms with E-state index in [1.165, 1.54) is 11.8 Å². The zero-order valence-corrected chi connectivity index (χ0v) is 18.4. The van der Waals surface area contributed by atoms with Crippen LogP contribution in [0.2, 0.25) is 0 Å². The molecule has 0 unspecified atom stereocenters. The number of carbonyl (C=O) groups is 1. The number of amides is 1. The van der Waals surface area contributed by atoms with Gasteiger partial charge in [0.15, 0.2) is 11.0 Å². The Balaban J connectivity index is 1.70. The molecule has 3 aromatic rings. The fourth-order valence-corrected chi connectivity index (χ4v) is 3.76. The Labute approximate surface area is 180 Å². The normalized spacial score (nSPS) is 10.8. The molecule has 0 fully saturated rings. The van der Waals surface area contributed by atoms with Crippen LogP contribution in [0.1, 0.15) is 26.5 Å². The topological polar surface area (TPSA) is 91.4 Å². The van der Waals surface area contributed by atoms with Gasteiger partial charge in [0.1, 0.15) is 17.3 Å². The number of aryl methyl sites for hydroxylation is 1. The van der Waals surface area contributed by atoms with Crippen molar-refractivity contribution in [2.24, 2.45) is 0 Å². The second-order valence-electron chi connectivity index (χ2n) is 6.30. The van der Waals surface area contributed by atoms with Gasteiger partial charge in [0, 0.05) is 12.6 Å². The Hall–Kier alpha value is -2.94. The van der Waals surface area contributed by atoms with E-state index in [1.54, 1.807) is 18.4 Å². The lowest BCUT2D eigenvalue weighted by Crippen LogP contribution is -2.15. The van der Waals surface area contributed by atoms with Gasteiger partial charge in [-0.1, -0.05) is 11.8 Å². The van der Waals surface area contributed by atoms with Crippen molar-refractivity contribution in [1.82, 2.24) is 14.8 Å². The van der Waals surface area contributed by atoms with E-state index >= 15 is 0 Å². The van der Waals surface area contributed by atoms with Crippen LogP contribution in [0, 0.1) is 6.92 Å². The first kappa shape index (κ1) is 21.8. The number of rotatable bonds is 10. The number of thioether (sulfide) groups is 1. The average Bonchev–Trinajstić information content (AvgIpc) is 3.33.